The zero-order valence-corrected chi connectivity index (χ0v) is 16.8. The summed E-state index contributed by atoms with van der Waals surface area (Å²) in [5, 5.41) is 13.8. The molecule has 27 heavy (non-hydrogen) atoms. The van der Waals surface area contributed by atoms with E-state index in [2.05, 4.69) is 21.2 Å². The molecular weight excluding hydrogens is 425 g/mol. The molecule has 1 heterocycles. The summed E-state index contributed by atoms with van der Waals surface area (Å²) in [5.41, 5.74) is -1.41. The van der Waals surface area contributed by atoms with Crippen molar-refractivity contribution in [3.63, 3.8) is 0 Å². The van der Waals surface area contributed by atoms with Gasteiger partial charge in [0, 0.05) is 25.2 Å². The highest BCUT2D eigenvalue weighted by Crippen LogP contribution is 2.27. The molecule has 10 heteroatoms. The molecule has 0 aromatic heterocycles. The summed E-state index contributed by atoms with van der Waals surface area (Å²) in [4.78, 5) is 36.4. The van der Waals surface area contributed by atoms with E-state index in [0.717, 1.165) is 12.1 Å². The maximum atomic E-state index is 13.7. The van der Waals surface area contributed by atoms with Crippen LogP contribution in [0.3, 0.4) is 0 Å². The number of amides is 2. The predicted octanol–water partition coefficient (Wildman–Crippen LogP) is 3.63. The minimum atomic E-state index is -0.759. The van der Waals surface area contributed by atoms with Gasteiger partial charge in [-0.2, -0.15) is 0 Å². The summed E-state index contributed by atoms with van der Waals surface area (Å²) < 4.78 is 19.0. The zero-order valence-electron chi connectivity index (χ0n) is 15.3. The number of likely N-dealkylation sites (tertiary alicyclic amines) is 1. The minimum absolute atomic E-state index is 0.0866. The molecule has 1 saturated heterocycles. The fourth-order valence-electron chi connectivity index (χ4n) is 2.67. The number of nitro benzene ring substituents is 1. The van der Waals surface area contributed by atoms with E-state index < -0.39 is 34.0 Å². The first-order valence-corrected chi connectivity index (χ1v) is 9.19. The molecule has 0 saturated carbocycles. The van der Waals surface area contributed by atoms with E-state index in [9.17, 15) is 24.1 Å². The van der Waals surface area contributed by atoms with Crippen molar-refractivity contribution < 1.29 is 23.6 Å². The minimum Gasteiger partial charge on any atom is -0.444 e. The molecule has 0 atom stereocenters. The van der Waals surface area contributed by atoms with Crippen molar-refractivity contribution in [3.8, 4) is 0 Å². The lowest BCUT2D eigenvalue weighted by atomic mass is 10.0. The average molecular weight is 446 g/mol. The van der Waals surface area contributed by atoms with Gasteiger partial charge in [-0.15, -0.1) is 0 Å². The number of benzene rings is 1. The number of ether oxygens (including phenoxy) is 1. The Morgan fingerprint density at radius 3 is 2.44 bits per heavy atom. The Kier molecular flexibility index (Phi) is 6.40. The van der Waals surface area contributed by atoms with Crippen LogP contribution in [0.2, 0.25) is 0 Å². The number of piperidine rings is 1. The highest BCUT2D eigenvalue weighted by Gasteiger charge is 2.29. The molecule has 1 N–H and O–H groups in total. The second-order valence-corrected chi connectivity index (χ2v) is 8.11. The van der Waals surface area contributed by atoms with Crippen molar-refractivity contribution in [3.05, 3.63) is 38.1 Å². The number of halogens is 2. The summed E-state index contributed by atoms with van der Waals surface area (Å²) in [6, 6.07) is 1.53. The number of carbonyl (C=O) groups excluding carboxylic acids is 2. The van der Waals surface area contributed by atoms with E-state index in [1.807, 2.05) is 0 Å². The molecule has 8 nitrogen and oxygen atoms in total. The molecule has 0 radical (unpaired) electrons. The molecule has 0 bridgehead atoms. The fourth-order valence-corrected chi connectivity index (χ4v) is 3.00. The molecule has 0 spiro atoms. The number of nitro groups is 1. The lowest BCUT2D eigenvalue weighted by Gasteiger charge is -2.33. The van der Waals surface area contributed by atoms with E-state index in [-0.39, 0.29) is 16.1 Å². The van der Waals surface area contributed by atoms with Gasteiger partial charge in [-0.3, -0.25) is 14.9 Å². The number of carbonyl (C=O) groups is 2. The summed E-state index contributed by atoms with van der Waals surface area (Å²) in [5.74, 6) is -1.48. The van der Waals surface area contributed by atoms with Crippen molar-refractivity contribution in [2.75, 3.05) is 13.1 Å². The second kappa shape index (κ2) is 8.20. The van der Waals surface area contributed by atoms with Crippen molar-refractivity contribution in [1.29, 1.82) is 0 Å². The number of nitrogens with one attached hydrogen (secondary N) is 1. The lowest BCUT2D eigenvalue weighted by molar-refractivity contribution is -0.385. The Morgan fingerprint density at radius 1 is 1.33 bits per heavy atom. The van der Waals surface area contributed by atoms with E-state index in [4.69, 9.17) is 4.74 Å². The zero-order chi connectivity index (χ0) is 20.4. The third kappa shape index (κ3) is 5.62. The van der Waals surface area contributed by atoms with Gasteiger partial charge in [0.15, 0.2) is 0 Å². The second-order valence-electron chi connectivity index (χ2n) is 7.26. The van der Waals surface area contributed by atoms with Crippen LogP contribution in [0.15, 0.2) is 16.6 Å². The van der Waals surface area contributed by atoms with E-state index in [1.165, 1.54) is 0 Å². The van der Waals surface area contributed by atoms with Gasteiger partial charge in [0.05, 0.1) is 9.40 Å². The number of hydrogen-bond donors (Lipinski definition) is 1. The topological polar surface area (TPSA) is 102 Å². The molecule has 1 aliphatic rings. The first-order valence-electron chi connectivity index (χ1n) is 8.40. The molecule has 2 rings (SSSR count). The first kappa shape index (κ1) is 21.1. The molecule has 1 aromatic rings. The van der Waals surface area contributed by atoms with E-state index in [0.29, 0.717) is 25.9 Å². The lowest BCUT2D eigenvalue weighted by Crippen LogP contribution is -2.47. The van der Waals surface area contributed by atoms with Crippen LogP contribution in [0, 0.1) is 15.9 Å². The first-order chi connectivity index (χ1) is 12.5. The average Bonchev–Trinajstić information content (AvgIpc) is 2.55. The summed E-state index contributed by atoms with van der Waals surface area (Å²) in [6.07, 6.45) is 0.521. The molecule has 148 valence electrons. The summed E-state index contributed by atoms with van der Waals surface area (Å²) >= 11 is 2.88. The maximum Gasteiger partial charge on any atom is 0.410 e. The molecule has 0 unspecified atom stereocenters. The fraction of sp³-hybridized carbons (Fsp3) is 0.529. The number of rotatable bonds is 3. The smallest absolute Gasteiger partial charge is 0.410 e. The van der Waals surface area contributed by atoms with Gasteiger partial charge in [-0.25, -0.2) is 9.18 Å². The third-order valence-corrected chi connectivity index (χ3v) is 4.57. The van der Waals surface area contributed by atoms with Gasteiger partial charge in [0.1, 0.15) is 17.0 Å². The van der Waals surface area contributed by atoms with Crippen molar-refractivity contribution in [2.45, 2.75) is 45.3 Å². The Morgan fingerprint density at radius 2 is 1.93 bits per heavy atom. The highest BCUT2D eigenvalue weighted by molar-refractivity contribution is 9.10. The number of hydrogen-bond acceptors (Lipinski definition) is 5. The molecular formula is C17H21BrFN3O5. The molecule has 2 amide bonds. The Bertz CT molecular complexity index is 758. The van der Waals surface area contributed by atoms with Crippen molar-refractivity contribution in [1.82, 2.24) is 10.2 Å². The SMILES string of the molecule is CC(C)(C)OC(=O)N1CCC(NC(=O)c2cc(F)c(Br)cc2[N+](=O)[O-])CC1. The third-order valence-electron chi connectivity index (χ3n) is 3.96. The van der Waals surface area contributed by atoms with Crippen LogP contribution in [-0.4, -0.2) is 46.6 Å². The van der Waals surface area contributed by atoms with Crippen LogP contribution in [0.4, 0.5) is 14.9 Å². The standard InChI is InChI=1S/C17H21BrFN3O5/c1-17(2,3)27-16(24)21-6-4-10(5-7-21)20-15(23)11-8-13(19)12(18)9-14(11)22(25)26/h8-10H,4-7H2,1-3H3,(H,20,23). The highest BCUT2D eigenvalue weighted by atomic mass is 79.9. The normalized spacial score (nSPS) is 15.4. The van der Waals surface area contributed by atoms with Gasteiger partial charge in [0.25, 0.3) is 11.6 Å². The largest absolute Gasteiger partial charge is 0.444 e. The van der Waals surface area contributed by atoms with Gasteiger partial charge >= 0.3 is 6.09 Å². The molecule has 1 aromatic carbocycles. The maximum absolute atomic E-state index is 13.7. The van der Waals surface area contributed by atoms with E-state index >= 15 is 0 Å². The van der Waals surface area contributed by atoms with E-state index in [1.54, 1.807) is 25.7 Å². The predicted molar refractivity (Wildman–Crippen MR) is 99.0 cm³/mol. The molecule has 0 aliphatic carbocycles. The summed E-state index contributed by atoms with van der Waals surface area (Å²) in [6.45, 7) is 6.11. The van der Waals surface area contributed by atoms with Gasteiger partial charge < -0.3 is 15.0 Å². The molecule has 1 fully saturated rings. The molecule has 1 aliphatic heterocycles. The van der Waals surface area contributed by atoms with Crippen LogP contribution in [0.5, 0.6) is 0 Å². The summed E-state index contributed by atoms with van der Waals surface area (Å²) in [7, 11) is 0. The van der Waals surface area contributed by atoms with Crippen LogP contribution >= 0.6 is 15.9 Å². The number of nitrogens with zero attached hydrogens (tertiary/aromatic N) is 2. The Hall–Kier alpha value is -2.23. The Balaban J connectivity index is 2.00. The van der Waals surface area contributed by atoms with Gasteiger partial charge in [-0.1, -0.05) is 0 Å². The van der Waals surface area contributed by atoms with Crippen LogP contribution in [0.25, 0.3) is 0 Å². The van der Waals surface area contributed by atoms with Crippen LogP contribution in [-0.2, 0) is 4.74 Å². The van der Waals surface area contributed by atoms with Crippen molar-refractivity contribution >= 4 is 33.6 Å². The monoisotopic (exact) mass is 445 g/mol. The van der Waals surface area contributed by atoms with Gasteiger partial charge in [-0.05, 0) is 55.6 Å². The van der Waals surface area contributed by atoms with Crippen molar-refractivity contribution in [2.24, 2.45) is 0 Å². The van der Waals surface area contributed by atoms with Crippen LogP contribution in [0.1, 0.15) is 44.0 Å². The quantitative estimate of drug-likeness (QED) is 0.565. The van der Waals surface area contributed by atoms with Crippen LogP contribution < -0.4 is 5.32 Å². The van der Waals surface area contributed by atoms with Gasteiger partial charge in [0.2, 0.25) is 0 Å². The Labute approximate surface area is 164 Å².